The molecule has 0 saturated heterocycles. The minimum atomic E-state index is -0.0268. The molecule has 2 unspecified atom stereocenters. The molecule has 2 rings (SSSR count). The van der Waals surface area contributed by atoms with Crippen molar-refractivity contribution in [2.24, 2.45) is 11.3 Å². The van der Waals surface area contributed by atoms with Gasteiger partial charge in [0.1, 0.15) is 0 Å². The molecule has 3 heteroatoms. The third-order valence-electron chi connectivity index (χ3n) is 3.31. The Hall–Kier alpha value is -0.960. The lowest BCUT2D eigenvalue weighted by Gasteiger charge is -2.08. The largest absolute Gasteiger partial charge is 0.390 e. The summed E-state index contributed by atoms with van der Waals surface area (Å²) in [5.74, 6) is 0.807. The number of nitrogens with zero attached hydrogens (tertiary/aromatic N) is 2. The molecule has 3 nitrogen and oxygen atoms in total. The summed E-state index contributed by atoms with van der Waals surface area (Å²) in [5.41, 5.74) is 2.12. The summed E-state index contributed by atoms with van der Waals surface area (Å²) in [7, 11) is 0. The third-order valence-corrected chi connectivity index (χ3v) is 3.31. The van der Waals surface area contributed by atoms with Crippen molar-refractivity contribution in [3.63, 3.8) is 0 Å². The molecule has 0 bridgehead atoms. The second kappa shape index (κ2) is 3.31. The standard InChI is InChI=1S/C11H16N2O/c1-8-3-11(8,2)4-9-5-13-10(7-14)6-12-9/h5-6,8,14H,3-4,7H2,1-2H3. The quantitative estimate of drug-likeness (QED) is 0.790. The first kappa shape index (κ1) is 9.59. The average Bonchev–Trinajstić information content (AvgIpc) is 2.75. The Labute approximate surface area is 84.2 Å². The Balaban J connectivity index is 2.04. The molecule has 76 valence electrons. The lowest BCUT2D eigenvalue weighted by molar-refractivity contribution is 0.276. The van der Waals surface area contributed by atoms with Crippen molar-refractivity contribution in [3.05, 3.63) is 23.8 Å². The molecule has 0 radical (unpaired) electrons. The molecule has 1 aromatic rings. The Bertz CT molecular complexity index is 323. The molecule has 0 spiro atoms. The predicted molar refractivity (Wildman–Crippen MR) is 53.5 cm³/mol. The van der Waals surface area contributed by atoms with Crippen LogP contribution in [0.4, 0.5) is 0 Å². The van der Waals surface area contributed by atoms with Gasteiger partial charge >= 0.3 is 0 Å². The molecule has 2 atom stereocenters. The SMILES string of the molecule is CC1CC1(C)Cc1cnc(CO)cn1. The van der Waals surface area contributed by atoms with E-state index in [1.54, 1.807) is 12.4 Å². The Kier molecular flexibility index (Phi) is 2.27. The zero-order valence-electron chi connectivity index (χ0n) is 8.70. The second-order valence-electron chi connectivity index (χ2n) is 4.59. The Morgan fingerprint density at radius 2 is 2.00 bits per heavy atom. The summed E-state index contributed by atoms with van der Waals surface area (Å²) in [4.78, 5) is 8.41. The van der Waals surface area contributed by atoms with Crippen molar-refractivity contribution >= 4 is 0 Å². The van der Waals surface area contributed by atoms with Gasteiger partial charge in [0.25, 0.3) is 0 Å². The summed E-state index contributed by atoms with van der Waals surface area (Å²) in [6.07, 6.45) is 5.73. The van der Waals surface area contributed by atoms with E-state index >= 15 is 0 Å². The second-order valence-corrected chi connectivity index (χ2v) is 4.59. The fraction of sp³-hybridized carbons (Fsp3) is 0.636. The molecule has 14 heavy (non-hydrogen) atoms. The van der Waals surface area contributed by atoms with Crippen LogP contribution < -0.4 is 0 Å². The van der Waals surface area contributed by atoms with Crippen molar-refractivity contribution in [2.75, 3.05) is 0 Å². The van der Waals surface area contributed by atoms with Crippen molar-refractivity contribution in [2.45, 2.75) is 33.3 Å². The first-order valence-corrected chi connectivity index (χ1v) is 5.05. The third kappa shape index (κ3) is 1.77. The molecule has 1 aliphatic carbocycles. The van der Waals surface area contributed by atoms with Gasteiger partial charge in [0, 0.05) is 6.20 Å². The molecule has 0 aliphatic heterocycles. The Morgan fingerprint density at radius 1 is 1.43 bits per heavy atom. The van der Waals surface area contributed by atoms with E-state index in [2.05, 4.69) is 23.8 Å². The van der Waals surface area contributed by atoms with Crippen LogP contribution in [-0.2, 0) is 13.0 Å². The maximum atomic E-state index is 8.81. The number of rotatable bonds is 3. The maximum absolute atomic E-state index is 8.81. The van der Waals surface area contributed by atoms with Crippen LogP contribution in [-0.4, -0.2) is 15.1 Å². The summed E-state index contributed by atoms with van der Waals surface area (Å²) in [6.45, 7) is 4.54. The first-order chi connectivity index (χ1) is 6.64. The van der Waals surface area contributed by atoms with Gasteiger partial charge in [-0.05, 0) is 24.2 Å². The van der Waals surface area contributed by atoms with Crippen molar-refractivity contribution < 1.29 is 5.11 Å². The van der Waals surface area contributed by atoms with Crippen molar-refractivity contribution in [1.82, 2.24) is 9.97 Å². The highest BCUT2D eigenvalue weighted by atomic mass is 16.3. The summed E-state index contributed by atoms with van der Waals surface area (Å²) in [5, 5.41) is 8.81. The summed E-state index contributed by atoms with van der Waals surface area (Å²) >= 11 is 0. The number of aromatic nitrogens is 2. The van der Waals surface area contributed by atoms with Crippen LogP contribution in [0.1, 0.15) is 31.7 Å². The van der Waals surface area contributed by atoms with E-state index in [9.17, 15) is 0 Å². The van der Waals surface area contributed by atoms with Crippen molar-refractivity contribution in [3.8, 4) is 0 Å². The van der Waals surface area contributed by atoms with Gasteiger partial charge in [-0.25, -0.2) is 0 Å². The average molecular weight is 192 g/mol. The molecular weight excluding hydrogens is 176 g/mol. The van der Waals surface area contributed by atoms with Crippen LogP contribution in [0.15, 0.2) is 12.4 Å². The fourth-order valence-corrected chi connectivity index (χ4v) is 1.86. The molecule has 1 N–H and O–H groups in total. The summed E-state index contributed by atoms with van der Waals surface area (Å²) < 4.78 is 0. The summed E-state index contributed by atoms with van der Waals surface area (Å²) in [6, 6.07) is 0. The van der Waals surface area contributed by atoms with Gasteiger partial charge in [-0.2, -0.15) is 0 Å². The maximum Gasteiger partial charge on any atom is 0.0868 e. The molecule has 1 aromatic heterocycles. The van der Waals surface area contributed by atoms with Crippen LogP contribution in [0.25, 0.3) is 0 Å². The van der Waals surface area contributed by atoms with Crippen LogP contribution >= 0.6 is 0 Å². The van der Waals surface area contributed by atoms with E-state index in [1.807, 2.05) is 0 Å². The minimum Gasteiger partial charge on any atom is -0.390 e. The smallest absolute Gasteiger partial charge is 0.0868 e. The number of hydrogen-bond donors (Lipinski definition) is 1. The first-order valence-electron chi connectivity index (χ1n) is 5.05. The molecular formula is C11H16N2O. The topological polar surface area (TPSA) is 46.0 Å². The molecule has 0 aromatic carbocycles. The molecule has 1 heterocycles. The molecule has 1 fully saturated rings. The highest BCUT2D eigenvalue weighted by Gasteiger charge is 2.46. The van der Waals surface area contributed by atoms with Crippen molar-refractivity contribution in [1.29, 1.82) is 0 Å². The van der Waals surface area contributed by atoms with Gasteiger partial charge < -0.3 is 5.11 Å². The Morgan fingerprint density at radius 3 is 2.43 bits per heavy atom. The lowest BCUT2D eigenvalue weighted by Crippen LogP contribution is -2.05. The predicted octanol–water partition coefficient (Wildman–Crippen LogP) is 1.56. The van der Waals surface area contributed by atoms with E-state index < -0.39 is 0 Å². The van der Waals surface area contributed by atoms with E-state index in [4.69, 9.17) is 5.11 Å². The lowest BCUT2D eigenvalue weighted by atomic mass is 10.0. The highest BCUT2D eigenvalue weighted by molar-refractivity contribution is 5.09. The zero-order chi connectivity index (χ0) is 10.2. The van der Waals surface area contributed by atoms with Crippen LogP contribution in [0.2, 0.25) is 0 Å². The van der Waals surface area contributed by atoms with Gasteiger partial charge in [0.15, 0.2) is 0 Å². The van der Waals surface area contributed by atoms with E-state index in [1.165, 1.54) is 6.42 Å². The highest BCUT2D eigenvalue weighted by Crippen LogP contribution is 2.53. The number of aliphatic hydroxyl groups excluding tert-OH is 1. The van der Waals surface area contributed by atoms with Gasteiger partial charge in [0.05, 0.1) is 24.2 Å². The van der Waals surface area contributed by atoms with E-state index in [-0.39, 0.29) is 6.61 Å². The van der Waals surface area contributed by atoms with Gasteiger partial charge in [0.2, 0.25) is 0 Å². The molecule has 0 amide bonds. The van der Waals surface area contributed by atoms with Crippen LogP contribution in [0.3, 0.4) is 0 Å². The van der Waals surface area contributed by atoms with Gasteiger partial charge in [-0.3, -0.25) is 9.97 Å². The normalized spacial score (nSPS) is 30.4. The van der Waals surface area contributed by atoms with Gasteiger partial charge in [-0.15, -0.1) is 0 Å². The number of aliphatic hydroxyl groups is 1. The monoisotopic (exact) mass is 192 g/mol. The molecule has 1 saturated carbocycles. The van der Waals surface area contributed by atoms with E-state index in [0.29, 0.717) is 11.1 Å². The fourth-order valence-electron chi connectivity index (χ4n) is 1.86. The van der Waals surface area contributed by atoms with Crippen LogP contribution in [0, 0.1) is 11.3 Å². The zero-order valence-corrected chi connectivity index (χ0v) is 8.70. The van der Waals surface area contributed by atoms with Crippen LogP contribution in [0.5, 0.6) is 0 Å². The van der Waals surface area contributed by atoms with E-state index in [0.717, 1.165) is 18.0 Å². The number of hydrogen-bond acceptors (Lipinski definition) is 3. The minimum absolute atomic E-state index is 0.0268. The molecule has 1 aliphatic rings. The van der Waals surface area contributed by atoms with Gasteiger partial charge in [-0.1, -0.05) is 13.8 Å².